The number of ether oxygens (including phenoxy) is 1. The van der Waals surface area contributed by atoms with Crippen LogP contribution in [0.1, 0.15) is 36.9 Å². The maximum absolute atomic E-state index is 11.9. The van der Waals surface area contributed by atoms with Crippen LogP contribution in [-0.4, -0.2) is 36.7 Å². The Balaban J connectivity index is 1.62. The molecule has 0 spiro atoms. The van der Waals surface area contributed by atoms with E-state index in [1.54, 1.807) is 0 Å². The number of carbonyl (C=O) groups is 1. The Hall–Kier alpha value is -2.33. The Kier molecular flexibility index (Phi) is 6.67. The molecule has 1 saturated heterocycles. The molecule has 1 heterocycles. The number of hydrogen-bond acceptors (Lipinski definition) is 2. The summed E-state index contributed by atoms with van der Waals surface area (Å²) in [5, 5.41) is 2.50. The molecule has 1 aliphatic heterocycles. The lowest BCUT2D eigenvalue weighted by Crippen LogP contribution is -2.92. The fourth-order valence-electron chi connectivity index (χ4n) is 3.68. The van der Waals surface area contributed by atoms with Crippen molar-refractivity contribution in [1.29, 1.82) is 0 Å². The first kappa shape index (κ1) is 18.5. The Morgan fingerprint density at radius 2 is 1.69 bits per heavy atom. The molecule has 2 aromatic carbocycles. The third-order valence-electron chi connectivity index (χ3n) is 5.10. The minimum atomic E-state index is -0.171. The van der Waals surface area contributed by atoms with Gasteiger partial charge in [-0.15, -0.1) is 0 Å². The fourth-order valence-corrected chi connectivity index (χ4v) is 3.68. The van der Waals surface area contributed by atoms with Crippen molar-refractivity contribution in [3.63, 3.8) is 0 Å². The van der Waals surface area contributed by atoms with Gasteiger partial charge in [-0.05, 0) is 12.5 Å². The van der Waals surface area contributed by atoms with Gasteiger partial charge in [0.25, 0.3) is 0 Å². The summed E-state index contributed by atoms with van der Waals surface area (Å²) >= 11 is 0. The Morgan fingerprint density at radius 1 is 1.08 bits per heavy atom. The monoisotopic (exact) mass is 353 g/mol. The minimum Gasteiger partial charge on any atom is -0.450 e. The van der Waals surface area contributed by atoms with Crippen molar-refractivity contribution >= 4 is 6.09 Å². The normalized spacial score (nSPS) is 16.3. The number of likely N-dealkylation sites (tertiary alicyclic amines) is 1. The highest BCUT2D eigenvalue weighted by atomic mass is 16.6. The van der Waals surface area contributed by atoms with Gasteiger partial charge in [0.05, 0.1) is 12.6 Å². The number of amides is 1. The van der Waals surface area contributed by atoms with Gasteiger partial charge in [0, 0.05) is 37.9 Å². The number of carbonyl (C=O) groups excluding carboxylic acids is 1. The molecule has 2 N–H and O–H groups in total. The molecule has 1 amide bonds. The number of piperidine rings is 1. The van der Waals surface area contributed by atoms with E-state index >= 15 is 0 Å². The zero-order chi connectivity index (χ0) is 18.2. The molecule has 26 heavy (non-hydrogen) atoms. The second-order valence-electron chi connectivity index (χ2n) is 6.92. The van der Waals surface area contributed by atoms with Crippen LogP contribution in [0.25, 0.3) is 0 Å². The van der Waals surface area contributed by atoms with E-state index in [2.05, 4.69) is 66.0 Å². The summed E-state index contributed by atoms with van der Waals surface area (Å²) < 4.78 is 5.12. The number of benzene rings is 2. The van der Waals surface area contributed by atoms with Gasteiger partial charge in [0.2, 0.25) is 0 Å². The summed E-state index contributed by atoms with van der Waals surface area (Å²) in [6.45, 7) is 3.87. The largest absolute Gasteiger partial charge is 0.450 e. The average molecular weight is 353 g/mol. The molecule has 4 nitrogen and oxygen atoms in total. The minimum absolute atomic E-state index is 0.171. The summed E-state index contributed by atoms with van der Waals surface area (Å²) in [6, 6.07) is 22.4. The lowest BCUT2D eigenvalue weighted by atomic mass is 9.96. The predicted octanol–water partition coefficient (Wildman–Crippen LogP) is 3.15. The van der Waals surface area contributed by atoms with Crippen molar-refractivity contribution in [1.82, 2.24) is 4.90 Å². The Labute approximate surface area is 156 Å². The van der Waals surface area contributed by atoms with Crippen LogP contribution in [-0.2, 0) is 11.2 Å². The third kappa shape index (κ3) is 5.09. The van der Waals surface area contributed by atoms with E-state index < -0.39 is 0 Å². The molecule has 1 aliphatic rings. The van der Waals surface area contributed by atoms with Gasteiger partial charge in [-0.1, -0.05) is 60.7 Å². The Morgan fingerprint density at radius 3 is 2.31 bits per heavy atom. The molecule has 0 aromatic heterocycles. The molecule has 0 aliphatic carbocycles. The maximum atomic E-state index is 11.9. The first-order valence-electron chi connectivity index (χ1n) is 9.62. The van der Waals surface area contributed by atoms with Gasteiger partial charge in [0.15, 0.2) is 0 Å². The highest BCUT2D eigenvalue weighted by Crippen LogP contribution is 2.17. The SMILES string of the molecule is CCOC(=O)N1CCC([NH2+][C@@H](Cc2ccccc2)c2ccccc2)CC1. The summed E-state index contributed by atoms with van der Waals surface area (Å²) in [6.07, 6.45) is 2.87. The second kappa shape index (κ2) is 9.39. The van der Waals surface area contributed by atoms with E-state index in [4.69, 9.17) is 4.74 Å². The molecule has 0 saturated carbocycles. The van der Waals surface area contributed by atoms with Gasteiger partial charge in [0.1, 0.15) is 6.04 Å². The predicted molar refractivity (Wildman–Crippen MR) is 103 cm³/mol. The van der Waals surface area contributed by atoms with Crippen LogP contribution < -0.4 is 5.32 Å². The Bertz CT molecular complexity index is 667. The average Bonchev–Trinajstić information content (AvgIpc) is 2.70. The molecule has 138 valence electrons. The molecule has 3 rings (SSSR count). The van der Waals surface area contributed by atoms with Crippen molar-refractivity contribution < 1.29 is 14.8 Å². The molecule has 0 unspecified atom stereocenters. The van der Waals surface area contributed by atoms with Crippen molar-refractivity contribution in [3.8, 4) is 0 Å². The van der Waals surface area contributed by atoms with Crippen LogP contribution >= 0.6 is 0 Å². The van der Waals surface area contributed by atoms with E-state index in [-0.39, 0.29) is 6.09 Å². The topological polar surface area (TPSA) is 46.1 Å². The van der Waals surface area contributed by atoms with E-state index in [1.807, 2.05) is 11.8 Å². The number of hydrogen-bond donors (Lipinski definition) is 1. The van der Waals surface area contributed by atoms with E-state index in [0.29, 0.717) is 18.7 Å². The van der Waals surface area contributed by atoms with Crippen LogP contribution in [0, 0.1) is 0 Å². The zero-order valence-electron chi connectivity index (χ0n) is 15.5. The van der Waals surface area contributed by atoms with E-state index in [9.17, 15) is 4.79 Å². The third-order valence-corrected chi connectivity index (χ3v) is 5.10. The lowest BCUT2D eigenvalue weighted by molar-refractivity contribution is -0.730. The highest BCUT2D eigenvalue weighted by molar-refractivity contribution is 5.67. The number of nitrogens with zero attached hydrogens (tertiary/aromatic N) is 1. The molecule has 0 bridgehead atoms. The van der Waals surface area contributed by atoms with Crippen molar-refractivity contribution in [3.05, 3.63) is 71.8 Å². The van der Waals surface area contributed by atoms with Crippen LogP contribution in [0.2, 0.25) is 0 Å². The number of rotatable bonds is 6. The van der Waals surface area contributed by atoms with Crippen molar-refractivity contribution in [2.45, 2.75) is 38.3 Å². The fraction of sp³-hybridized carbons (Fsp3) is 0.409. The first-order valence-corrected chi connectivity index (χ1v) is 9.62. The molecule has 2 aromatic rings. The lowest BCUT2D eigenvalue weighted by Gasteiger charge is -2.32. The van der Waals surface area contributed by atoms with Crippen LogP contribution in [0.5, 0.6) is 0 Å². The zero-order valence-corrected chi connectivity index (χ0v) is 15.5. The number of nitrogens with two attached hydrogens (primary N) is 1. The quantitative estimate of drug-likeness (QED) is 0.867. The van der Waals surface area contributed by atoms with Crippen LogP contribution in [0.4, 0.5) is 4.79 Å². The number of quaternary nitrogens is 1. The van der Waals surface area contributed by atoms with Crippen molar-refractivity contribution in [2.24, 2.45) is 0 Å². The van der Waals surface area contributed by atoms with E-state index in [1.165, 1.54) is 11.1 Å². The summed E-state index contributed by atoms with van der Waals surface area (Å²) in [4.78, 5) is 13.7. The summed E-state index contributed by atoms with van der Waals surface area (Å²) in [7, 11) is 0. The van der Waals surface area contributed by atoms with Gasteiger partial charge in [-0.25, -0.2) is 4.79 Å². The maximum Gasteiger partial charge on any atom is 0.409 e. The van der Waals surface area contributed by atoms with Crippen LogP contribution in [0.3, 0.4) is 0 Å². The summed E-state index contributed by atoms with van der Waals surface area (Å²) in [5.74, 6) is 0. The smallest absolute Gasteiger partial charge is 0.409 e. The standard InChI is InChI=1S/C22H28N2O2/c1-2-26-22(25)24-15-13-20(14-16-24)23-21(19-11-7-4-8-12-19)17-18-9-5-3-6-10-18/h3-12,20-21,23H,2,13-17H2,1H3/p+1/t21-/m0/s1. The molecule has 4 heteroatoms. The molecule has 1 atom stereocenters. The second-order valence-corrected chi connectivity index (χ2v) is 6.92. The summed E-state index contributed by atoms with van der Waals surface area (Å²) in [5.41, 5.74) is 2.73. The highest BCUT2D eigenvalue weighted by Gasteiger charge is 2.28. The molecular formula is C22H29N2O2+. The van der Waals surface area contributed by atoms with E-state index in [0.717, 1.165) is 32.4 Å². The van der Waals surface area contributed by atoms with Gasteiger partial charge >= 0.3 is 6.09 Å². The molecule has 0 radical (unpaired) electrons. The van der Waals surface area contributed by atoms with Crippen LogP contribution in [0.15, 0.2) is 60.7 Å². The van der Waals surface area contributed by atoms with Gasteiger partial charge in [-0.2, -0.15) is 0 Å². The molecular weight excluding hydrogens is 324 g/mol. The van der Waals surface area contributed by atoms with Crippen molar-refractivity contribution in [2.75, 3.05) is 19.7 Å². The van der Waals surface area contributed by atoms with Gasteiger partial charge in [-0.3, -0.25) is 0 Å². The van der Waals surface area contributed by atoms with Gasteiger partial charge < -0.3 is 15.0 Å². The molecule has 1 fully saturated rings. The first-order chi connectivity index (χ1) is 12.8.